The van der Waals surface area contributed by atoms with E-state index in [1.54, 1.807) is 0 Å². The third-order valence-electron chi connectivity index (χ3n) is 1.44. The standard InChI is InChI=1S/C9H10O6S/c1-13-9(10)14-7-3-5-8(6-4-7)15-16(2,11)12/h3-6H,1-2H3. The van der Waals surface area contributed by atoms with Gasteiger partial charge in [-0.1, -0.05) is 0 Å². The maximum absolute atomic E-state index is 10.8. The Labute approximate surface area is 92.9 Å². The summed E-state index contributed by atoms with van der Waals surface area (Å²) < 4.78 is 35.1. The number of hydrogen-bond acceptors (Lipinski definition) is 6. The van der Waals surface area contributed by atoms with Crippen molar-refractivity contribution in [3.8, 4) is 11.5 Å². The van der Waals surface area contributed by atoms with E-state index in [0.29, 0.717) is 0 Å². The molecule has 0 saturated heterocycles. The molecule has 0 aliphatic heterocycles. The van der Waals surface area contributed by atoms with Crippen molar-refractivity contribution in [2.24, 2.45) is 0 Å². The molecule has 0 fully saturated rings. The number of ether oxygens (including phenoxy) is 2. The van der Waals surface area contributed by atoms with Crippen LogP contribution in [0.5, 0.6) is 11.5 Å². The van der Waals surface area contributed by atoms with E-state index in [4.69, 9.17) is 0 Å². The van der Waals surface area contributed by atoms with Gasteiger partial charge in [0.05, 0.1) is 13.4 Å². The van der Waals surface area contributed by atoms with E-state index in [1.165, 1.54) is 31.4 Å². The third kappa shape index (κ3) is 4.18. The summed E-state index contributed by atoms with van der Waals surface area (Å²) in [5, 5.41) is 0. The highest BCUT2D eigenvalue weighted by Crippen LogP contribution is 2.18. The van der Waals surface area contributed by atoms with Crippen molar-refractivity contribution in [3.63, 3.8) is 0 Å². The van der Waals surface area contributed by atoms with Gasteiger partial charge in [-0.2, -0.15) is 8.42 Å². The summed E-state index contributed by atoms with van der Waals surface area (Å²) in [6.45, 7) is 0. The molecule has 88 valence electrons. The Balaban J connectivity index is 2.72. The molecule has 0 radical (unpaired) electrons. The molecule has 7 heteroatoms. The topological polar surface area (TPSA) is 78.9 Å². The number of rotatable bonds is 3. The monoisotopic (exact) mass is 246 g/mol. The molecule has 0 aliphatic rings. The van der Waals surface area contributed by atoms with E-state index in [9.17, 15) is 13.2 Å². The minimum absolute atomic E-state index is 0.139. The van der Waals surface area contributed by atoms with E-state index in [1.807, 2.05) is 0 Å². The van der Waals surface area contributed by atoms with Crippen molar-refractivity contribution in [2.75, 3.05) is 13.4 Å². The highest BCUT2D eigenvalue weighted by Gasteiger charge is 2.06. The van der Waals surface area contributed by atoms with Crippen LogP contribution in [-0.4, -0.2) is 27.9 Å². The molecule has 1 aromatic rings. The zero-order valence-corrected chi connectivity index (χ0v) is 9.48. The van der Waals surface area contributed by atoms with Gasteiger partial charge in [-0.25, -0.2) is 4.79 Å². The summed E-state index contributed by atoms with van der Waals surface area (Å²) >= 11 is 0. The van der Waals surface area contributed by atoms with Crippen LogP contribution in [0, 0.1) is 0 Å². The van der Waals surface area contributed by atoms with Gasteiger partial charge in [0.1, 0.15) is 11.5 Å². The molecule has 0 N–H and O–H groups in total. The number of benzene rings is 1. The van der Waals surface area contributed by atoms with E-state index in [-0.39, 0.29) is 11.5 Å². The second-order valence-corrected chi connectivity index (χ2v) is 4.39. The van der Waals surface area contributed by atoms with Crippen LogP contribution in [0.25, 0.3) is 0 Å². The van der Waals surface area contributed by atoms with Crippen LogP contribution in [0.2, 0.25) is 0 Å². The molecule has 16 heavy (non-hydrogen) atoms. The number of carbonyl (C=O) groups is 1. The smallest absolute Gasteiger partial charge is 0.437 e. The van der Waals surface area contributed by atoms with Gasteiger partial charge in [0.25, 0.3) is 0 Å². The quantitative estimate of drug-likeness (QED) is 0.452. The minimum atomic E-state index is -3.55. The molecule has 0 bridgehead atoms. The van der Waals surface area contributed by atoms with Crippen molar-refractivity contribution in [1.82, 2.24) is 0 Å². The SMILES string of the molecule is COC(=O)Oc1ccc(OS(C)(=O)=O)cc1. The zero-order valence-electron chi connectivity index (χ0n) is 8.67. The summed E-state index contributed by atoms with van der Waals surface area (Å²) in [6, 6.07) is 5.49. The average Bonchev–Trinajstić information content (AvgIpc) is 2.18. The van der Waals surface area contributed by atoms with Crippen LogP contribution < -0.4 is 8.92 Å². The molecule has 6 nitrogen and oxygen atoms in total. The molecule has 0 spiro atoms. The van der Waals surface area contributed by atoms with Crippen LogP contribution in [0.3, 0.4) is 0 Å². The lowest BCUT2D eigenvalue weighted by Gasteiger charge is -2.04. The number of hydrogen-bond donors (Lipinski definition) is 0. The van der Waals surface area contributed by atoms with Gasteiger partial charge in [0.15, 0.2) is 0 Å². The van der Waals surface area contributed by atoms with Crippen LogP contribution in [0.15, 0.2) is 24.3 Å². The van der Waals surface area contributed by atoms with E-state index in [0.717, 1.165) is 6.26 Å². The fourth-order valence-electron chi connectivity index (χ4n) is 0.876. The molecule has 0 heterocycles. The predicted octanol–water partition coefficient (Wildman–Crippen LogP) is 1.17. The summed E-state index contributed by atoms with van der Waals surface area (Å²) in [6.07, 6.45) is 0.0862. The van der Waals surface area contributed by atoms with Crippen LogP contribution in [-0.2, 0) is 14.9 Å². The Kier molecular flexibility index (Phi) is 3.73. The minimum Gasteiger partial charge on any atom is -0.437 e. The Bertz CT molecular complexity index is 461. The molecule has 0 saturated carbocycles. The predicted molar refractivity (Wildman–Crippen MR) is 54.9 cm³/mol. The first kappa shape index (κ1) is 12.3. The lowest BCUT2D eigenvalue weighted by atomic mass is 10.3. The van der Waals surface area contributed by atoms with Gasteiger partial charge in [-0.15, -0.1) is 0 Å². The van der Waals surface area contributed by atoms with Crippen molar-refractivity contribution < 1.29 is 26.9 Å². The maximum Gasteiger partial charge on any atom is 0.513 e. The van der Waals surface area contributed by atoms with Crippen molar-refractivity contribution in [1.29, 1.82) is 0 Å². The Morgan fingerprint density at radius 3 is 2.06 bits per heavy atom. The van der Waals surface area contributed by atoms with Crippen molar-refractivity contribution >= 4 is 16.3 Å². The Morgan fingerprint density at radius 2 is 1.62 bits per heavy atom. The average molecular weight is 246 g/mol. The molecule has 0 aliphatic carbocycles. The highest BCUT2D eigenvalue weighted by atomic mass is 32.2. The van der Waals surface area contributed by atoms with Gasteiger partial charge in [-0.05, 0) is 24.3 Å². The second-order valence-electron chi connectivity index (χ2n) is 2.82. The van der Waals surface area contributed by atoms with E-state index in [2.05, 4.69) is 13.7 Å². The lowest BCUT2D eigenvalue weighted by Crippen LogP contribution is -2.08. The van der Waals surface area contributed by atoms with Crippen LogP contribution in [0.4, 0.5) is 4.79 Å². The fourth-order valence-corrected chi connectivity index (χ4v) is 1.34. The van der Waals surface area contributed by atoms with Gasteiger partial charge in [0, 0.05) is 0 Å². The summed E-state index contributed by atoms with van der Waals surface area (Å²) in [4.78, 5) is 10.7. The van der Waals surface area contributed by atoms with Gasteiger partial charge >= 0.3 is 16.3 Å². The van der Waals surface area contributed by atoms with Gasteiger partial charge < -0.3 is 13.7 Å². The number of carbonyl (C=O) groups excluding carboxylic acids is 1. The largest absolute Gasteiger partial charge is 0.513 e. The molecule has 0 aromatic heterocycles. The highest BCUT2D eigenvalue weighted by molar-refractivity contribution is 7.86. The fraction of sp³-hybridized carbons (Fsp3) is 0.222. The van der Waals surface area contributed by atoms with Crippen molar-refractivity contribution in [2.45, 2.75) is 0 Å². The summed E-state index contributed by atoms with van der Waals surface area (Å²) in [7, 11) is -2.37. The van der Waals surface area contributed by atoms with Gasteiger partial charge in [-0.3, -0.25) is 0 Å². The first-order chi connectivity index (χ1) is 7.40. The lowest BCUT2D eigenvalue weighted by molar-refractivity contribution is 0.121. The second kappa shape index (κ2) is 4.84. The first-order valence-electron chi connectivity index (χ1n) is 4.16. The molecule has 0 amide bonds. The zero-order chi connectivity index (χ0) is 12.2. The Hall–Kier alpha value is -1.76. The summed E-state index contributed by atoms with van der Waals surface area (Å²) in [5.74, 6) is 0.368. The van der Waals surface area contributed by atoms with Crippen LogP contribution >= 0.6 is 0 Å². The van der Waals surface area contributed by atoms with E-state index < -0.39 is 16.3 Å². The molecule has 0 atom stereocenters. The van der Waals surface area contributed by atoms with Crippen LogP contribution in [0.1, 0.15) is 0 Å². The Morgan fingerprint density at radius 1 is 1.12 bits per heavy atom. The molecule has 0 unspecified atom stereocenters. The normalized spacial score (nSPS) is 10.6. The van der Waals surface area contributed by atoms with Crippen molar-refractivity contribution in [3.05, 3.63) is 24.3 Å². The van der Waals surface area contributed by atoms with E-state index >= 15 is 0 Å². The maximum atomic E-state index is 10.8. The molecule has 1 aromatic carbocycles. The third-order valence-corrected chi connectivity index (χ3v) is 1.93. The number of methoxy groups -OCH3 is 1. The molecule has 1 rings (SSSR count). The molecular weight excluding hydrogens is 236 g/mol. The molecular formula is C9H10O6S. The summed E-state index contributed by atoms with van der Waals surface area (Å²) in [5.41, 5.74) is 0. The van der Waals surface area contributed by atoms with Gasteiger partial charge in [0.2, 0.25) is 0 Å². The first-order valence-corrected chi connectivity index (χ1v) is 5.97.